The zero-order valence-electron chi connectivity index (χ0n) is 23.5. The van der Waals surface area contributed by atoms with Crippen LogP contribution < -0.4 is 16.4 Å². The molecule has 0 aliphatic heterocycles. The second-order valence-corrected chi connectivity index (χ2v) is 9.82. The largest absolute Gasteiger partial charge is 0.490 e. The first-order valence-electron chi connectivity index (χ1n) is 13.6. The van der Waals surface area contributed by atoms with Crippen LogP contribution in [0.2, 0.25) is 0 Å². The molecule has 228 valence electrons. The highest BCUT2D eigenvalue weighted by atomic mass is 19.4. The summed E-state index contributed by atoms with van der Waals surface area (Å²) in [5.74, 6) is -2.18. The van der Waals surface area contributed by atoms with Gasteiger partial charge in [-0.3, -0.25) is 4.79 Å². The summed E-state index contributed by atoms with van der Waals surface area (Å²) in [4.78, 5) is 30.2. The third-order valence-corrected chi connectivity index (χ3v) is 6.65. The molecule has 0 aliphatic rings. The summed E-state index contributed by atoms with van der Waals surface area (Å²) in [5.41, 5.74) is 12.5. The molecular weight excluding hydrogens is 587 g/mol. The van der Waals surface area contributed by atoms with Gasteiger partial charge < -0.3 is 25.9 Å². The number of alkyl halides is 3. The molecule has 0 spiro atoms. The van der Waals surface area contributed by atoms with E-state index in [4.69, 9.17) is 20.1 Å². The first-order valence-corrected chi connectivity index (χ1v) is 13.6. The van der Waals surface area contributed by atoms with Crippen LogP contribution in [0.1, 0.15) is 11.1 Å². The van der Waals surface area contributed by atoms with Gasteiger partial charge >= 0.3 is 12.1 Å². The van der Waals surface area contributed by atoms with Crippen molar-refractivity contribution >= 4 is 51.0 Å². The number of amides is 1. The molecule has 9 nitrogen and oxygen atoms in total. The number of carbonyl (C=O) groups is 2. The maximum atomic E-state index is 12.5. The van der Waals surface area contributed by atoms with Gasteiger partial charge in [-0.05, 0) is 47.5 Å². The van der Waals surface area contributed by atoms with Gasteiger partial charge in [0, 0.05) is 40.3 Å². The van der Waals surface area contributed by atoms with Gasteiger partial charge in [-0.15, -0.1) is 0 Å². The van der Waals surface area contributed by atoms with Gasteiger partial charge in [-0.2, -0.15) is 13.2 Å². The van der Waals surface area contributed by atoms with Crippen molar-refractivity contribution in [1.82, 2.24) is 9.97 Å². The highest BCUT2D eigenvalue weighted by molar-refractivity contribution is 6.09. The molecular formula is C33H26F3N5O4. The fourth-order valence-electron chi connectivity index (χ4n) is 4.49. The number of benzene rings is 4. The van der Waals surface area contributed by atoms with Crippen molar-refractivity contribution < 1.29 is 32.3 Å². The van der Waals surface area contributed by atoms with E-state index in [0.29, 0.717) is 18.8 Å². The lowest BCUT2D eigenvalue weighted by atomic mass is 10.1. The second kappa shape index (κ2) is 13.3. The SMILES string of the molecule is NCc1ccc(CC(=O)Nc2ccc(Nc3cc(-c4cccc5c4oc4ccccc45)ncn3)cc2)cc1.O=C(O)C(F)(F)F. The number of carboxylic acid groups (broad SMARTS) is 1. The number of hydrogen-bond acceptors (Lipinski definition) is 7. The van der Waals surface area contributed by atoms with Crippen LogP contribution in [-0.2, 0) is 22.6 Å². The van der Waals surface area contributed by atoms with Gasteiger partial charge in [0.25, 0.3) is 0 Å². The summed E-state index contributed by atoms with van der Waals surface area (Å²) in [6, 6.07) is 31.2. The molecule has 5 N–H and O–H groups in total. The van der Waals surface area contributed by atoms with Crippen LogP contribution in [0, 0.1) is 0 Å². The minimum absolute atomic E-state index is 0.0774. The molecule has 0 atom stereocenters. The molecule has 12 heteroatoms. The molecule has 1 amide bonds. The van der Waals surface area contributed by atoms with Crippen LogP contribution in [0.25, 0.3) is 33.2 Å². The van der Waals surface area contributed by atoms with Gasteiger partial charge in [0.15, 0.2) is 0 Å². The van der Waals surface area contributed by atoms with Crippen molar-refractivity contribution in [3.05, 3.63) is 115 Å². The summed E-state index contributed by atoms with van der Waals surface area (Å²) < 4.78 is 37.9. The first kappa shape index (κ1) is 30.7. The molecule has 6 rings (SSSR count). The minimum Gasteiger partial charge on any atom is -0.475 e. The summed E-state index contributed by atoms with van der Waals surface area (Å²) in [6.07, 6.45) is -3.25. The number of furan rings is 1. The lowest BCUT2D eigenvalue weighted by molar-refractivity contribution is -0.192. The number of rotatable bonds is 7. The third kappa shape index (κ3) is 7.61. The number of para-hydroxylation sites is 2. The number of carboxylic acids is 1. The van der Waals surface area contributed by atoms with Gasteiger partial charge in [-0.25, -0.2) is 14.8 Å². The van der Waals surface area contributed by atoms with E-state index in [9.17, 15) is 18.0 Å². The van der Waals surface area contributed by atoms with Crippen LogP contribution >= 0.6 is 0 Å². The fraction of sp³-hybridized carbons (Fsp3) is 0.0909. The lowest BCUT2D eigenvalue weighted by Crippen LogP contribution is -2.21. The molecule has 0 bridgehead atoms. The normalized spacial score (nSPS) is 11.1. The Bertz CT molecular complexity index is 1960. The van der Waals surface area contributed by atoms with Crippen molar-refractivity contribution in [3.63, 3.8) is 0 Å². The van der Waals surface area contributed by atoms with Crippen LogP contribution in [0.4, 0.5) is 30.4 Å². The molecule has 0 unspecified atom stereocenters. The van der Waals surface area contributed by atoms with E-state index in [0.717, 1.165) is 55.7 Å². The summed E-state index contributed by atoms with van der Waals surface area (Å²) in [6.45, 7) is 0.487. The van der Waals surface area contributed by atoms with E-state index in [1.807, 2.05) is 84.9 Å². The number of nitrogens with zero attached hydrogens (tertiary/aromatic N) is 2. The second-order valence-electron chi connectivity index (χ2n) is 9.82. The number of fused-ring (bicyclic) bond motifs is 3. The van der Waals surface area contributed by atoms with Crippen molar-refractivity contribution in [2.24, 2.45) is 5.73 Å². The lowest BCUT2D eigenvalue weighted by Gasteiger charge is -2.09. The van der Waals surface area contributed by atoms with E-state index in [1.54, 1.807) is 0 Å². The Balaban J connectivity index is 0.000000515. The zero-order chi connectivity index (χ0) is 32.0. The molecule has 0 saturated heterocycles. The molecule has 45 heavy (non-hydrogen) atoms. The van der Waals surface area contributed by atoms with Crippen LogP contribution in [-0.4, -0.2) is 33.1 Å². The molecule has 2 aromatic heterocycles. The number of aliphatic carboxylic acids is 1. The molecule has 0 aliphatic carbocycles. The third-order valence-electron chi connectivity index (χ3n) is 6.65. The van der Waals surface area contributed by atoms with Crippen LogP contribution in [0.15, 0.2) is 108 Å². The van der Waals surface area contributed by atoms with Crippen molar-refractivity contribution in [3.8, 4) is 11.3 Å². The molecule has 2 heterocycles. The van der Waals surface area contributed by atoms with Crippen LogP contribution in [0.5, 0.6) is 0 Å². The fourth-order valence-corrected chi connectivity index (χ4v) is 4.49. The standard InChI is InChI=1S/C31H25N5O2.C2HF3O2/c32-18-21-10-8-20(9-11-21)16-30(37)36-23-14-12-22(13-15-23)35-29-17-27(33-19-34-29)26-6-3-5-25-24-4-1-2-7-28(24)38-31(25)26;3-2(4,5)1(6)7/h1-15,17,19H,16,18,32H2,(H,36,37)(H,33,34,35);(H,6,7). The van der Waals surface area contributed by atoms with Gasteiger partial charge in [0.2, 0.25) is 5.91 Å². The maximum Gasteiger partial charge on any atom is 0.490 e. The highest BCUT2D eigenvalue weighted by Gasteiger charge is 2.38. The molecule has 0 saturated carbocycles. The van der Waals surface area contributed by atoms with E-state index in [1.165, 1.54) is 6.33 Å². The number of nitrogens with one attached hydrogen (secondary N) is 2. The summed E-state index contributed by atoms with van der Waals surface area (Å²) >= 11 is 0. The predicted octanol–water partition coefficient (Wildman–Crippen LogP) is 7.06. The summed E-state index contributed by atoms with van der Waals surface area (Å²) in [5, 5.41) is 15.5. The highest BCUT2D eigenvalue weighted by Crippen LogP contribution is 2.35. The summed E-state index contributed by atoms with van der Waals surface area (Å²) in [7, 11) is 0. The molecule has 0 radical (unpaired) electrons. The maximum absolute atomic E-state index is 12.5. The van der Waals surface area contributed by atoms with Crippen molar-refractivity contribution in [2.45, 2.75) is 19.1 Å². The zero-order valence-corrected chi connectivity index (χ0v) is 23.5. The molecule has 0 fully saturated rings. The predicted molar refractivity (Wildman–Crippen MR) is 165 cm³/mol. The Labute approximate surface area is 254 Å². The molecule has 6 aromatic rings. The van der Waals surface area contributed by atoms with E-state index in [2.05, 4.69) is 32.7 Å². The van der Waals surface area contributed by atoms with Crippen molar-refractivity contribution in [1.29, 1.82) is 0 Å². The van der Waals surface area contributed by atoms with Gasteiger partial charge in [-0.1, -0.05) is 54.6 Å². The topological polar surface area (TPSA) is 143 Å². The van der Waals surface area contributed by atoms with E-state index < -0.39 is 12.1 Å². The molecule has 4 aromatic carbocycles. The van der Waals surface area contributed by atoms with E-state index >= 15 is 0 Å². The Kier molecular flexibility index (Phi) is 9.05. The quantitative estimate of drug-likeness (QED) is 0.150. The average Bonchev–Trinajstić information content (AvgIpc) is 3.41. The number of carbonyl (C=O) groups excluding carboxylic acids is 1. The van der Waals surface area contributed by atoms with Gasteiger partial charge in [0.1, 0.15) is 23.3 Å². The Hall–Kier alpha value is -5.75. The Morgan fingerprint density at radius 1 is 0.822 bits per heavy atom. The first-order chi connectivity index (χ1) is 21.6. The van der Waals surface area contributed by atoms with E-state index in [-0.39, 0.29) is 5.91 Å². The number of aromatic nitrogens is 2. The minimum atomic E-state index is -5.08. The smallest absolute Gasteiger partial charge is 0.475 e. The number of nitrogens with two attached hydrogens (primary N) is 1. The van der Waals surface area contributed by atoms with Crippen molar-refractivity contribution in [2.75, 3.05) is 10.6 Å². The number of hydrogen-bond donors (Lipinski definition) is 4. The van der Waals surface area contributed by atoms with Gasteiger partial charge in [0.05, 0.1) is 12.1 Å². The number of halogens is 3. The Morgan fingerprint density at radius 3 is 2.16 bits per heavy atom. The average molecular weight is 614 g/mol. The number of anilines is 3. The van der Waals surface area contributed by atoms with Crippen LogP contribution in [0.3, 0.4) is 0 Å². The Morgan fingerprint density at radius 2 is 1.47 bits per heavy atom. The monoisotopic (exact) mass is 613 g/mol.